The quantitative estimate of drug-likeness (QED) is 0.625. The lowest BCUT2D eigenvalue weighted by atomic mass is 9.80. The topological polar surface area (TPSA) is 9.23 Å². The normalized spacial score (nSPS) is 49.2. The molecule has 12 heavy (non-hydrogen) atoms. The molecule has 1 saturated heterocycles. The van der Waals surface area contributed by atoms with E-state index in [1.807, 2.05) is 11.8 Å². The zero-order chi connectivity index (χ0) is 9.30. The van der Waals surface area contributed by atoms with Crippen LogP contribution in [0.15, 0.2) is 0 Å². The van der Waals surface area contributed by atoms with Gasteiger partial charge in [0.1, 0.15) is 5.44 Å². The summed E-state index contributed by atoms with van der Waals surface area (Å²) in [6, 6.07) is 0. The van der Waals surface area contributed by atoms with Crippen LogP contribution in [0.4, 0.5) is 0 Å². The van der Waals surface area contributed by atoms with Gasteiger partial charge in [-0.25, -0.2) is 0 Å². The van der Waals surface area contributed by atoms with Crippen LogP contribution in [0.1, 0.15) is 27.7 Å². The van der Waals surface area contributed by atoms with Crippen LogP contribution in [0.2, 0.25) is 0 Å². The average molecular weight is 188 g/mol. The van der Waals surface area contributed by atoms with Crippen molar-refractivity contribution in [2.45, 2.75) is 39.2 Å². The first kappa shape index (κ1) is 10.4. The molecular formula is C10H20OS. The van der Waals surface area contributed by atoms with E-state index < -0.39 is 0 Å². The second-order valence-corrected chi connectivity index (χ2v) is 4.96. The summed E-state index contributed by atoms with van der Waals surface area (Å²) < 4.78 is 5.89. The van der Waals surface area contributed by atoms with Crippen LogP contribution < -0.4 is 0 Å². The van der Waals surface area contributed by atoms with E-state index >= 15 is 0 Å². The standard InChI is InChI=1S/C10H20OS/c1-6-7(2)9(4)11-10(12-5)8(6)3/h6-10H,1-5H3. The molecule has 0 amide bonds. The molecule has 0 aromatic carbocycles. The van der Waals surface area contributed by atoms with Gasteiger partial charge in [-0.05, 0) is 30.9 Å². The van der Waals surface area contributed by atoms with Gasteiger partial charge in [0.25, 0.3) is 0 Å². The number of hydrogen-bond acceptors (Lipinski definition) is 2. The second-order valence-electron chi connectivity index (χ2n) is 4.02. The Morgan fingerprint density at radius 3 is 2.00 bits per heavy atom. The molecule has 0 radical (unpaired) electrons. The highest BCUT2D eigenvalue weighted by Crippen LogP contribution is 2.38. The maximum Gasteiger partial charge on any atom is 0.106 e. The minimum Gasteiger partial charge on any atom is -0.364 e. The predicted molar refractivity (Wildman–Crippen MR) is 55.3 cm³/mol. The van der Waals surface area contributed by atoms with Gasteiger partial charge in [-0.1, -0.05) is 20.8 Å². The smallest absolute Gasteiger partial charge is 0.106 e. The van der Waals surface area contributed by atoms with Gasteiger partial charge in [0.05, 0.1) is 6.10 Å². The van der Waals surface area contributed by atoms with Crippen LogP contribution in [0.25, 0.3) is 0 Å². The molecule has 1 fully saturated rings. The third-order valence-electron chi connectivity index (χ3n) is 3.41. The van der Waals surface area contributed by atoms with Crippen molar-refractivity contribution in [2.24, 2.45) is 17.8 Å². The fraction of sp³-hybridized carbons (Fsp3) is 1.00. The molecule has 0 spiro atoms. The Kier molecular flexibility index (Phi) is 3.47. The fourth-order valence-electron chi connectivity index (χ4n) is 1.88. The maximum absolute atomic E-state index is 5.89. The zero-order valence-electron chi connectivity index (χ0n) is 8.70. The van der Waals surface area contributed by atoms with Gasteiger partial charge >= 0.3 is 0 Å². The van der Waals surface area contributed by atoms with E-state index in [-0.39, 0.29) is 0 Å². The fourth-order valence-corrected chi connectivity index (χ4v) is 2.85. The summed E-state index contributed by atoms with van der Waals surface area (Å²) in [4.78, 5) is 0. The molecule has 0 bridgehead atoms. The zero-order valence-corrected chi connectivity index (χ0v) is 9.52. The summed E-state index contributed by atoms with van der Waals surface area (Å²) in [6.45, 7) is 9.13. The van der Waals surface area contributed by atoms with E-state index in [1.165, 1.54) is 0 Å². The van der Waals surface area contributed by atoms with Crippen molar-refractivity contribution < 1.29 is 4.74 Å². The number of rotatable bonds is 1. The highest BCUT2D eigenvalue weighted by atomic mass is 32.2. The van der Waals surface area contributed by atoms with Gasteiger partial charge in [0, 0.05) is 0 Å². The Balaban J connectivity index is 2.63. The number of thioether (sulfide) groups is 1. The van der Waals surface area contributed by atoms with E-state index in [0.29, 0.717) is 23.4 Å². The van der Waals surface area contributed by atoms with Gasteiger partial charge in [-0.3, -0.25) is 0 Å². The third-order valence-corrected chi connectivity index (χ3v) is 4.41. The molecule has 5 atom stereocenters. The van der Waals surface area contributed by atoms with Crippen molar-refractivity contribution in [3.8, 4) is 0 Å². The van der Waals surface area contributed by atoms with Gasteiger partial charge in [0.15, 0.2) is 0 Å². The number of ether oxygens (including phenoxy) is 1. The molecule has 2 heteroatoms. The van der Waals surface area contributed by atoms with Crippen LogP contribution in [0.3, 0.4) is 0 Å². The van der Waals surface area contributed by atoms with Gasteiger partial charge in [0.2, 0.25) is 0 Å². The number of hydrogen-bond donors (Lipinski definition) is 0. The summed E-state index contributed by atoms with van der Waals surface area (Å²) in [5.74, 6) is 2.17. The first-order valence-electron chi connectivity index (χ1n) is 4.76. The van der Waals surface area contributed by atoms with Gasteiger partial charge in [-0.2, -0.15) is 0 Å². The van der Waals surface area contributed by atoms with Crippen LogP contribution >= 0.6 is 11.8 Å². The molecule has 1 aliphatic rings. The second kappa shape index (κ2) is 4.01. The summed E-state index contributed by atoms with van der Waals surface area (Å²) in [5, 5.41) is 0. The van der Waals surface area contributed by atoms with Crippen LogP contribution in [0.5, 0.6) is 0 Å². The molecule has 1 aliphatic heterocycles. The Labute approximate surface area is 80.3 Å². The first-order chi connectivity index (χ1) is 5.57. The molecular weight excluding hydrogens is 168 g/mol. The molecule has 0 N–H and O–H groups in total. The highest BCUT2D eigenvalue weighted by molar-refractivity contribution is 7.99. The largest absolute Gasteiger partial charge is 0.364 e. The summed E-state index contributed by atoms with van der Waals surface area (Å²) >= 11 is 1.84. The minimum atomic E-state index is 0.409. The van der Waals surface area contributed by atoms with Crippen molar-refractivity contribution in [1.29, 1.82) is 0 Å². The average Bonchev–Trinajstić information content (AvgIpc) is 2.08. The van der Waals surface area contributed by atoms with Crippen LogP contribution in [-0.4, -0.2) is 17.8 Å². The molecule has 1 rings (SSSR count). The molecule has 0 aliphatic carbocycles. The van der Waals surface area contributed by atoms with E-state index in [0.717, 1.165) is 5.92 Å². The van der Waals surface area contributed by atoms with Gasteiger partial charge in [-0.15, -0.1) is 11.8 Å². The Morgan fingerprint density at radius 2 is 1.50 bits per heavy atom. The van der Waals surface area contributed by atoms with Crippen molar-refractivity contribution in [3.05, 3.63) is 0 Å². The van der Waals surface area contributed by atoms with Crippen molar-refractivity contribution >= 4 is 11.8 Å². The molecule has 0 saturated carbocycles. The van der Waals surface area contributed by atoms with Crippen molar-refractivity contribution in [2.75, 3.05) is 6.26 Å². The minimum absolute atomic E-state index is 0.409. The lowest BCUT2D eigenvalue weighted by molar-refractivity contribution is -0.0839. The monoisotopic (exact) mass is 188 g/mol. The summed E-state index contributed by atoms with van der Waals surface area (Å²) in [5.41, 5.74) is 0.409. The van der Waals surface area contributed by atoms with Crippen LogP contribution in [-0.2, 0) is 4.74 Å². The van der Waals surface area contributed by atoms with Gasteiger partial charge < -0.3 is 4.74 Å². The van der Waals surface area contributed by atoms with E-state index in [1.54, 1.807) is 0 Å². The third kappa shape index (κ3) is 1.80. The maximum atomic E-state index is 5.89. The molecule has 5 unspecified atom stereocenters. The predicted octanol–water partition coefficient (Wildman–Crippen LogP) is 3.00. The molecule has 0 aromatic heterocycles. The Morgan fingerprint density at radius 1 is 0.917 bits per heavy atom. The Bertz CT molecular complexity index is 144. The SMILES string of the molecule is CSC1OC(C)C(C)C(C)C1C. The summed E-state index contributed by atoms with van der Waals surface area (Å²) in [7, 11) is 0. The molecule has 0 aromatic rings. The lowest BCUT2D eigenvalue weighted by Gasteiger charge is -2.41. The highest BCUT2D eigenvalue weighted by Gasteiger charge is 2.36. The van der Waals surface area contributed by atoms with Crippen LogP contribution in [0, 0.1) is 17.8 Å². The molecule has 1 heterocycles. The Hall–Kier alpha value is 0.310. The van der Waals surface area contributed by atoms with Crippen molar-refractivity contribution in [1.82, 2.24) is 0 Å². The van der Waals surface area contributed by atoms with Crippen molar-refractivity contribution in [3.63, 3.8) is 0 Å². The molecule has 72 valence electrons. The van der Waals surface area contributed by atoms with E-state index in [2.05, 4.69) is 34.0 Å². The lowest BCUT2D eigenvalue weighted by Crippen LogP contribution is -2.41. The first-order valence-corrected chi connectivity index (χ1v) is 6.05. The summed E-state index contributed by atoms with van der Waals surface area (Å²) in [6.07, 6.45) is 2.56. The van der Waals surface area contributed by atoms with E-state index in [9.17, 15) is 0 Å². The van der Waals surface area contributed by atoms with E-state index in [4.69, 9.17) is 4.74 Å². The molecule has 1 nitrogen and oxygen atoms in total.